The van der Waals surface area contributed by atoms with Crippen molar-refractivity contribution in [2.75, 3.05) is 20.3 Å². The minimum absolute atomic E-state index is 0.0386. The monoisotopic (exact) mass is 454 g/mol. The average Bonchev–Trinajstić information content (AvgIpc) is 2.76. The fourth-order valence-electron chi connectivity index (χ4n) is 2.61. The molecule has 10 heteroatoms. The van der Waals surface area contributed by atoms with Crippen LogP contribution in [0.25, 0.3) is 0 Å². The molecule has 0 aliphatic rings. The second-order valence-electron chi connectivity index (χ2n) is 6.92. The van der Waals surface area contributed by atoms with Gasteiger partial charge in [-0.15, -0.1) is 0 Å². The molecule has 1 unspecified atom stereocenters. The molecule has 10 nitrogen and oxygen atoms in total. The van der Waals surface area contributed by atoms with E-state index >= 15 is 0 Å². The number of esters is 3. The summed E-state index contributed by atoms with van der Waals surface area (Å²) >= 11 is 0. The second-order valence-corrected chi connectivity index (χ2v) is 6.92. The Morgan fingerprint density at radius 3 is 2.22 bits per heavy atom. The highest BCUT2D eigenvalue weighted by atomic mass is 16.7. The highest BCUT2D eigenvalue weighted by Gasteiger charge is 2.18. The molecular weight excluding hydrogens is 422 g/mol. The Bertz CT molecular complexity index is 754. The summed E-state index contributed by atoms with van der Waals surface area (Å²) in [6.07, 6.45) is 0.120. The quantitative estimate of drug-likeness (QED) is 0.231. The summed E-state index contributed by atoms with van der Waals surface area (Å²) in [6.45, 7) is 2.79. The number of carbonyl (C=O) groups excluding carboxylic acids is 4. The van der Waals surface area contributed by atoms with Crippen molar-refractivity contribution in [3.63, 3.8) is 0 Å². The van der Waals surface area contributed by atoms with E-state index in [0.717, 1.165) is 0 Å². The number of hydrogen-bond acceptors (Lipinski definition) is 9. The molecule has 32 heavy (non-hydrogen) atoms. The fourth-order valence-corrected chi connectivity index (χ4v) is 2.61. The van der Waals surface area contributed by atoms with Gasteiger partial charge in [-0.25, -0.2) is 0 Å². The van der Waals surface area contributed by atoms with Crippen molar-refractivity contribution in [1.29, 1.82) is 1.43 Å². The molecule has 0 spiro atoms. The summed E-state index contributed by atoms with van der Waals surface area (Å²) in [6, 6.07) is 6.60. The third kappa shape index (κ3) is 11.3. The normalized spacial score (nSPS) is 11.8. The van der Waals surface area contributed by atoms with Crippen LogP contribution in [0.1, 0.15) is 57.8 Å². The Morgan fingerprint density at radius 1 is 1.00 bits per heavy atom. The molecule has 1 amide bonds. The van der Waals surface area contributed by atoms with E-state index in [2.05, 4.69) is 10.4 Å². The van der Waals surface area contributed by atoms with Gasteiger partial charge in [0.1, 0.15) is 11.9 Å². The zero-order chi connectivity index (χ0) is 24.6. The highest BCUT2D eigenvalue weighted by Crippen LogP contribution is 2.22. The van der Waals surface area contributed by atoms with Gasteiger partial charge in [-0.05, 0) is 43.5 Å². The minimum Gasteiger partial charge on any atom is -0.494 e. The fraction of sp³-hybridized carbons (Fsp3) is 0.545. The van der Waals surface area contributed by atoms with Gasteiger partial charge in [-0.3, -0.25) is 19.2 Å². The maximum Gasteiger partial charge on any atom is 0.306 e. The van der Waals surface area contributed by atoms with E-state index in [1.165, 1.54) is 20.9 Å². The van der Waals surface area contributed by atoms with Gasteiger partial charge in [0.2, 0.25) is 7.34 Å². The van der Waals surface area contributed by atoms with E-state index in [9.17, 15) is 19.2 Å². The molecule has 1 atom stereocenters. The zero-order valence-electron chi connectivity index (χ0n) is 19.6. The number of hydrogen-bond donors (Lipinski definition) is 2. The van der Waals surface area contributed by atoms with Crippen LogP contribution in [-0.2, 0) is 33.4 Å². The Hall–Kier alpha value is -3.14. The Morgan fingerprint density at radius 2 is 1.66 bits per heavy atom. The highest BCUT2D eigenvalue weighted by molar-refractivity contribution is 5.81. The molecule has 0 radical (unpaired) electrons. The van der Waals surface area contributed by atoms with Gasteiger partial charge in [0, 0.05) is 32.9 Å². The Balaban J connectivity index is 2.41. The molecular formula is C22H31NO9. The first-order chi connectivity index (χ1) is 15.7. The first-order valence-electron chi connectivity index (χ1n) is 10.7. The van der Waals surface area contributed by atoms with Crippen LogP contribution < -0.4 is 10.1 Å². The molecule has 0 aliphatic heterocycles. The van der Waals surface area contributed by atoms with E-state index in [4.69, 9.17) is 20.4 Å². The van der Waals surface area contributed by atoms with Crippen LogP contribution in [0.5, 0.6) is 5.75 Å². The Labute approximate surface area is 188 Å². The van der Waals surface area contributed by atoms with Gasteiger partial charge in [0.05, 0.1) is 19.6 Å². The topological polar surface area (TPSA) is 137 Å². The van der Waals surface area contributed by atoms with Crippen molar-refractivity contribution in [3.8, 4) is 5.75 Å². The van der Waals surface area contributed by atoms with Gasteiger partial charge in [0.15, 0.2) is 0 Å². The molecule has 0 bridgehead atoms. The summed E-state index contributed by atoms with van der Waals surface area (Å²) < 4.78 is 27.8. The largest absolute Gasteiger partial charge is 0.494 e. The van der Waals surface area contributed by atoms with Gasteiger partial charge >= 0.3 is 17.9 Å². The SMILES string of the molecule is [2H]OCC(CCCCOc1ccc(C(OC(C)=O)OC(C)=O)cc1)OC(=O)CCC(=O)NC. The third-order valence-corrected chi connectivity index (χ3v) is 4.21. The molecule has 0 aromatic heterocycles. The molecule has 0 aliphatic carbocycles. The van der Waals surface area contributed by atoms with Crippen LogP contribution in [0, 0.1) is 0 Å². The minimum atomic E-state index is -1.12. The van der Waals surface area contributed by atoms with Crippen molar-refractivity contribution in [2.24, 2.45) is 0 Å². The summed E-state index contributed by atoms with van der Waals surface area (Å²) in [5.74, 6) is -1.34. The van der Waals surface area contributed by atoms with Crippen LogP contribution in [0.2, 0.25) is 0 Å². The molecule has 1 aromatic carbocycles. The number of unbranched alkanes of at least 4 members (excludes halogenated alkanes) is 1. The van der Waals surface area contributed by atoms with Crippen molar-refractivity contribution < 1.29 is 43.2 Å². The number of aliphatic hydroxyl groups excluding tert-OH is 1. The first-order valence-corrected chi connectivity index (χ1v) is 10.3. The van der Waals surface area contributed by atoms with Gasteiger partial charge in [-0.1, -0.05) is 0 Å². The molecule has 178 valence electrons. The molecule has 2 N–H and O–H groups in total. The summed E-state index contributed by atoms with van der Waals surface area (Å²) in [5.41, 5.74) is 0.490. The standard InChI is InChI=1S/C22H31NO9/c1-15(25)30-22(31-16(2)26)17-7-9-18(10-8-17)29-13-5-4-6-19(14-24)32-21(28)12-11-20(27)23-3/h7-10,19,22,24H,4-6,11-14H2,1-3H3,(H,23,27)/i24D. The zero-order valence-corrected chi connectivity index (χ0v) is 18.6. The van der Waals surface area contributed by atoms with E-state index < -0.39 is 30.3 Å². The molecule has 1 aromatic rings. The summed E-state index contributed by atoms with van der Waals surface area (Å²) in [5, 5.41) is 6.79. The maximum absolute atomic E-state index is 11.8. The number of carbonyl (C=O) groups is 4. The van der Waals surface area contributed by atoms with E-state index in [1.54, 1.807) is 24.3 Å². The number of ether oxygens (including phenoxy) is 4. The lowest BCUT2D eigenvalue weighted by Gasteiger charge is -2.17. The predicted octanol–water partition coefficient (Wildman–Crippen LogP) is 1.79. The molecule has 0 heterocycles. The third-order valence-electron chi connectivity index (χ3n) is 4.21. The van der Waals surface area contributed by atoms with Crippen LogP contribution in [0.4, 0.5) is 0 Å². The lowest BCUT2D eigenvalue weighted by atomic mass is 10.1. The molecule has 1 rings (SSSR count). The molecule has 0 saturated heterocycles. The number of nitrogens with one attached hydrogen (secondary N) is 1. The van der Waals surface area contributed by atoms with Crippen molar-refractivity contribution in [3.05, 3.63) is 29.8 Å². The summed E-state index contributed by atoms with van der Waals surface area (Å²) in [4.78, 5) is 45.4. The average molecular weight is 454 g/mol. The van der Waals surface area contributed by atoms with Crippen molar-refractivity contribution in [1.82, 2.24) is 5.32 Å². The van der Waals surface area contributed by atoms with E-state index in [1.807, 2.05) is 0 Å². The summed E-state index contributed by atoms with van der Waals surface area (Å²) in [7, 11) is 1.49. The van der Waals surface area contributed by atoms with Crippen LogP contribution in [-0.4, -0.2) is 56.7 Å². The second kappa shape index (κ2) is 14.8. The van der Waals surface area contributed by atoms with Crippen molar-refractivity contribution >= 4 is 23.8 Å². The van der Waals surface area contributed by atoms with Crippen LogP contribution >= 0.6 is 0 Å². The Kier molecular flexibility index (Phi) is 11.6. The van der Waals surface area contributed by atoms with Gasteiger partial charge in [0.25, 0.3) is 6.29 Å². The number of rotatable bonds is 15. The van der Waals surface area contributed by atoms with Gasteiger partial charge in [-0.2, -0.15) is 0 Å². The molecule has 0 fully saturated rings. The number of benzene rings is 1. The van der Waals surface area contributed by atoms with E-state index in [0.29, 0.717) is 37.2 Å². The first kappa shape index (κ1) is 25.1. The number of aliphatic hydroxyl groups is 1. The van der Waals surface area contributed by atoms with Gasteiger partial charge < -0.3 is 29.4 Å². The van der Waals surface area contributed by atoms with Crippen molar-refractivity contribution in [2.45, 2.75) is 58.3 Å². The maximum atomic E-state index is 11.8. The van der Waals surface area contributed by atoms with Crippen LogP contribution in [0.15, 0.2) is 24.3 Å². The lowest BCUT2D eigenvalue weighted by Crippen LogP contribution is -2.24. The smallest absolute Gasteiger partial charge is 0.306 e. The predicted molar refractivity (Wildman–Crippen MR) is 112 cm³/mol. The number of amides is 1. The molecule has 0 saturated carbocycles. The lowest BCUT2D eigenvalue weighted by molar-refractivity contribution is -0.186. The van der Waals surface area contributed by atoms with E-state index in [-0.39, 0.29) is 25.4 Å². The van der Waals surface area contributed by atoms with Crippen LogP contribution in [0.3, 0.4) is 0 Å².